The maximum Gasteiger partial charge on any atom is 0.300 e. The number of hydrogen-bond acceptors (Lipinski definition) is 8. The van der Waals surface area contributed by atoms with E-state index >= 15 is 0 Å². The number of aryl methyl sites for hydroxylation is 1. The number of unbranched alkanes of at least 4 members (excludes halogenated alkanes) is 2. The zero-order valence-corrected chi connectivity index (χ0v) is 28.1. The third kappa shape index (κ3) is 13.2. The van der Waals surface area contributed by atoms with Crippen LogP contribution < -0.4 is 27.2 Å². The monoisotopic (exact) mass is 673 g/mol. The van der Waals surface area contributed by atoms with Gasteiger partial charge in [-0.25, -0.2) is 15.4 Å². The Labute approximate surface area is 284 Å². The molecule has 2 heterocycles. The van der Waals surface area contributed by atoms with Gasteiger partial charge in [-0.05, 0) is 49.2 Å². The number of benzene rings is 2. The molecule has 0 unspecified atom stereocenters. The molecular formula is C35H40ClN7O5. The number of nitrogens with two attached hydrogens (primary N) is 1. The number of hydrogen-bond donors (Lipinski definition) is 6. The summed E-state index contributed by atoms with van der Waals surface area (Å²) in [5.41, 5.74) is 15.5. The highest BCUT2D eigenvalue weighted by molar-refractivity contribution is 6.31. The standard InChI is InChI=1S/C27H23ClN6O2.C6H13NO.C2H4O2/c1-16-3-7-18(22(28)11-16)8-4-17-5-9-19(10-6-17)23-12-20(27(36)34-30-2)21-15-31-25(13-24(21)32-23)33-26(35)14-29;1-2-3-4-5-7-6-8;1-2(3)4/h3,5-7,9-13,15,30H,14,29H2,1-2H3,(H,34,36)(H,31,33,35);6H,2-5H2,1H3,(H,7,8);1H3,(H,3,4). The first-order valence-electron chi connectivity index (χ1n) is 15.1. The Morgan fingerprint density at radius 2 is 1.75 bits per heavy atom. The van der Waals surface area contributed by atoms with Crippen molar-refractivity contribution in [2.75, 3.05) is 25.5 Å². The minimum Gasteiger partial charge on any atom is -0.481 e. The van der Waals surface area contributed by atoms with Gasteiger partial charge in [0.25, 0.3) is 11.9 Å². The first kappa shape index (κ1) is 38.8. The second-order valence-electron chi connectivity index (χ2n) is 10.2. The second-order valence-corrected chi connectivity index (χ2v) is 10.6. The van der Waals surface area contributed by atoms with Gasteiger partial charge in [0.15, 0.2) is 0 Å². The van der Waals surface area contributed by atoms with E-state index in [1.807, 2.05) is 49.4 Å². The highest BCUT2D eigenvalue weighted by Crippen LogP contribution is 2.26. The van der Waals surface area contributed by atoms with Crippen LogP contribution in [0.1, 0.15) is 60.2 Å². The Balaban J connectivity index is 0.000000571. The van der Waals surface area contributed by atoms with Gasteiger partial charge in [0, 0.05) is 54.9 Å². The van der Waals surface area contributed by atoms with Crippen LogP contribution in [-0.2, 0) is 14.4 Å². The fraction of sp³-hybridized carbons (Fsp3) is 0.257. The summed E-state index contributed by atoms with van der Waals surface area (Å²) < 4.78 is 0. The van der Waals surface area contributed by atoms with Gasteiger partial charge < -0.3 is 21.5 Å². The van der Waals surface area contributed by atoms with Crippen molar-refractivity contribution in [2.45, 2.75) is 40.0 Å². The SMILES string of the molecule is CC(=O)O.CCCCCNC=O.CNNC(=O)c1cc(-c2ccc(C#Cc3ccc(C)cc3Cl)cc2)nc2cc(NC(=O)CN)ncc12. The molecule has 3 amide bonds. The van der Waals surface area contributed by atoms with E-state index in [1.54, 1.807) is 19.2 Å². The predicted octanol–water partition coefficient (Wildman–Crippen LogP) is 4.43. The lowest BCUT2D eigenvalue weighted by molar-refractivity contribution is -0.134. The zero-order valence-electron chi connectivity index (χ0n) is 27.3. The Morgan fingerprint density at radius 1 is 1.04 bits per heavy atom. The molecule has 48 heavy (non-hydrogen) atoms. The van der Waals surface area contributed by atoms with Crippen molar-refractivity contribution < 1.29 is 24.3 Å². The third-order valence-corrected chi connectivity index (χ3v) is 6.60. The molecule has 0 radical (unpaired) electrons. The van der Waals surface area contributed by atoms with E-state index in [1.165, 1.54) is 19.0 Å². The van der Waals surface area contributed by atoms with Crippen molar-refractivity contribution in [3.63, 3.8) is 0 Å². The van der Waals surface area contributed by atoms with Crippen LogP contribution in [0.15, 0.2) is 60.8 Å². The number of hydrazine groups is 1. The number of nitrogens with zero attached hydrogens (tertiary/aromatic N) is 2. The lowest BCUT2D eigenvalue weighted by Gasteiger charge is -2.11. The van der Waals surface area contributed by atoms with E-state index in [9.17, 15) is 14.4 Å². The van der Waals surface area contributed by atoms with E-state index in [4.69, 9.17) is 32.2 Å². The summed E-state index contributed by atoms with van der Waals surface area (Å²) in [5, 5.41) is 13.8. The van der Waals surface area contributed by atoms with Crippen LogP contribution in [0.5, 0.6) is 0 Å². The lowest BCUT2D eigenvalue weighted by Crippen LogP contribution is -2.34. The number of carbonyl (C=O) groups excluding carboxylic acids is 3. The molecule has 0 fully saturated rings. The van der Waals surface area contributed by atoms with Gasteiger partial charge in [-0.3, -0.25) is 24.6 Å². The molecule has 4 aromatic rings. The Bertz CT molecular complexity index is 1770. The number of carboxylic acid groups (broad SMARTS) is 1. The average Bonchev–Trinajstić information content (AvgIpc) is 3.06. The van der Waals surface area contributed by atoms with Crippen LogP contribution in [0, 0.1) is 18.8 Å². The number of carbonyl (C=O) groups is 4. The predicted molar refractivity (Wildman–Crippen MR) is 188 cm³/mol. The van der Waals surface area contributed by atoms with Crippen molar-refractivity contribution in [2.24, 2.45) is 5.73 Å². The van der Waals surface area contributed by atoms with Gasteiger partial charge in [-0.15, -0.1) is 0 Å². The van der Waals surface area contributed by atoms with Gasteiger partial charge in [-0.2, -0.15) is 0 Å². The van der Waals surface area contributed by atoms with Crippen molar-refractivity contribution in [3.8, 4) is 23.1 Å². The third-order valence-electron chi connectivity index (χ3n) is 6.29. The molecule has 252 valence electrons. The largest absolute Gasteiger partial charge is 0.481 e. The van der Waals surface area contributed by atoms with Gasteiger partial charge in [0.1, 0.15) is 5.82 Å². The summed E-state index contributed by atoms with van der Waals surface area (Å²) in [6.07, 6.45) is 5.77. The molecule has 0 bridgehead atoms. The van der Waals surface area contributed by atoms with Crippen LogP contribution in [0.2, 0.25) is 5.02 Å². The fourth-order valence-electron chi connectivity index (χ4n) is 4.02. The molecule has 2 aromatic heterocycles. The number of carboxylic acids is 1. The molecule has 0 aliphatic rings. The molecule has 12 nitrogen and oxygen atoms in total. The van der Waals surface area contributed by atoms with E-state index in [0.29, 0.717) is 33.0 Å². The van der Waals surface area contributed by atoms with Crippen LogP contribution >= 0.6 is 11.6 Å². The van der Waals surface area contributed by atoms with Crippen molar-refractivity contribution in [3.05, 3.63) is 88.1 Å². The first-order valence-corrected chi connectivity index (χ1v) is 15.4. The summed E-state index contributed by atoms with van der Waals surface area (Å²) in [6, 6.07) is 16.6. The van der Waals surface area contributed by atoms with Gasteiger partial charge >= 0.3 is 0 Å². The summed E-state index contributed by atoms with van der Waals surface area (Å²) in [5.74, 6) is 4.96. The van der Waals surface area contributed by atoms with Gasteiger partial charge in [0.2, 0.25) is 12.3 Å². The molecule has 0 saturated heterocycles. The number of nitrogens with one attached hydrogen (secondary N) is 4. The zero-order chi connectivity index (χ0) is 35.5. The van der Waals surface area contributed by atoms with Crippen molar-refractivity contribution >= 4 is 52.5 Å². The van der Waals surface area contributed by atoms with Crippen LogP contribution in [0.3, 0.4) is 0 Å². The molecule has 0 aliphatic heterocycles. The van der Waals surface area contributed by atoms with Crippen LogP contribution in [0.25, 0.3) is 22.2 Å². The molecule has 0 spiro atoms. The molecule has 13 heteroatoms. The number of halogens is 1. The molecule has 0 aliphatic carbocycles. The number of amides is 3. The Hall–Kier alpha value is -5.35. The summed E-state index contributed by atoms with van der Waals surface area (Å²) in [7, 11) is 1.60. The number of rotatable bonds is 10. The van der Waals surface area contributed by atoms with Gasteiger partial charge in [0.05, 0.1) is 28.3 Å². The summed E-state index contributed by atoms with van der Waals surface area (Å²) >= 11 is 6.28. The topological polar surface area (TPSA) is 188 Å². The molecule has 7 N–H and O–H groups in total. The maximum absolute atomic E-state index is 12.7. The second kappa shape index (κ2) is 20.7. The number of anilines is 1. The lowest BCUT2D eigenvalue weighted by atomic mass is 10.0. The van der Waals surface area contributed by atoms with E-state index in [0.717, 1.165) is 48.6 Å². The van der Waals surface area contributed by atoms with Gasteiger partial charge in [-0.1, -0.05) is 61.4 Å². The van der Waals surface area contributed by atoms with Crippen LogP contribution in [0.4, 0.5) is 5.82 Å². The summed E-state index contributed by atoms with van der Waals surface area (Å²) in [6.45, 7) is 5.86. The van der Waals surface area contributed by atoms with Crippen molar-refractivity contribution in [1.29, 1.82) is 0 Å². The molecule has 0 atom stereocenters. The Morgan fingerprint density at radius 3 is 2.35 bits per heavy atom. The van der Waals surface area contributed by atoms with E-state index in [-0.39, 0.29) is 18.4 Å². The number of fused-ring (bicyclic) bond motifs is 1. The number of pyridine rings is 2. The van der Waals surface area contributed by atoms with E-state index < -0.39 is 5.97 Å². The Kier molecular flexibility index (Phi) is 16.8. The van der Waals surface area contributed by atoms with Crippen molar-refractivity contribution in [1.82, 2.24) is 26.1 Å². The minimum absolute atomic E-state index is 0.172. The maximum atomic E-state index is 12.7. The minimum atomic E-state index is -0.833. The number of aliphatic carboxylic acids is 1. The first-order chi connectivity index (χ1) is 23.0. The summed E-state index contributed by atoms with van der Waals surface area (Å²) in [4.78, 5) is 52.0. The fourth-order valence-corrected chi connectivity index (χ4v) is 4.30. The average molecular weight is 674 g/mol. The van der Waals surface area contributed by atoms with Crippen LogP contribution in [-0.4, -0.2) is 59.4 Å². The normalized spacial score (nSPS) is 9.79. The molecule has 2 aromatic carbocycles. The quantitative estimate of drug-likeness (QED) is 0.0612. The number of aromatic nitrogens is 2. The molecule has 4 rings (SSSR count). The highest BCUT2D eigenvalue weighted by atomic mass is 35.5. The van der Waals surface area contributed by atoms with E-state index in [2.05, 4.69) is 45.2 Å². The molecular weight excluding hydrogens is 634 g/mol. The smallest absolute Gasteiger partial charge is 0.300 e. The molecule has 0 saturated carbocycles. The highest BCUT2D eigenvalue weighted by Gasteiger charge is 2.15.